The maximum atomic E-state index is 14.0. The molecule has 0 spiro atoms. The molecule has 0 bridgehead atoms. The fraction of sp³-hybridized carbons (Fsp3) is 0.238. The first kappa shape index (κ1) is 18.3. The third-order valence-corrected chi connectivity index (χ3v) is 5.49. The van der Waals surface area contributed by atoms with Crippen LogP contribution in [0.25, 0.3) is 5.65 Å². The molecule has 8 nitrogen and oxygen atoms in total. The number of aryl methyl sites for hydroxylation is 1. The lowest BCUT2D eigenvalue weighted by molar-refractivity contribution is 0.0968. The number of amides is 1. The highest BCUT2D eigenvalue weighted by molar-refractivity contribution is 6.01. The Morgan fingerprint density at radius 3 is 2.97 bits per heavy atom. The number of anilines is 1. The quantitative estimate of drug-likeness (QED) is 0.717. The summed E-state index contributed by atoms with van der Waals surface area (Å²) in [6.45, 7) is 0.681. The number of allylic oxidation sites excluding steroid dienone is 3. The summed E-state index contributed by atoms with van der Waals surface area (Å²) in [6.07, 6.45) is 11.4. The summed E-state index contributed by atoms with van der Waals surface area (Å²) in [5.41, 5.74) is 1.70. The lowest BCUT2D eigenvalue weighted by atomic mass is 10.1. The van der Waals surface area contributed by atoms with Gasteiger partial charge in [-0.05, 0) is 37.1 Å². The number of rotatable bonds is 4. The number of hydrogen-bond acceptors (Lipinski definition) is 5. The molecule has 1 aliphatic heterocycles. The number of carbonyl (C=O) groups excluding carboxylic acids is 1. The predicted octanol–water partition coefficient (Wildman–Crippen LogP) is 2.09. The minimum atomic E-state index is -0.448. The average Bonchev–Trinajstić information content (AvgIpc) is 3.33. The molecule has 3 aromatic heterocycles. The van der Waals surface area contributed by atoms with Crippen molar-refractivity contribution in [2.45, 2.75) is 18.9 Å². The van der Waals surface area contributed by atoms with Gasteiger partial charge in [0.15, 0.2) is 5.65 Å². The lowest BCUT2D eigenvalue weighted by Crippen LogP contribution is -2.31. The zero-order chi connectivity index (χ0) is 20.8. The van der Waals surface area contributed by atoms with Crippen LogP contribution in [0.2, 0.25) is 0 Å². The highest BCUT2D eigenvalue weighted by atomic mass is 19.1. The summed E-state index contributed by atoms with van der Waals surface area (Å²) in [4.78, 5) is 31.8. The molecule has 1 unspecified atom stereocenters. The third-order valence-electron chi connectivity index (χ3n) is 5.49. The molecular formula is C21H19FN6O2. The molecule has 1 amide bonds. The molecule has 152 valence electrons. The Kier molecular flexibility index (Phi) is 4.23. The van der Waals surface area contributed by atoms with E-state index in [0.717, 1.165) is 18.5 Å². The lowest BCUT2D eigenvalue weighted by Gasteiger charge is -2.26. The van der Waals surface area contributed by atoms with Crippen LogP contribution in [0.1, 0.15) is 34.8 Å². The molecule has 30 heavy (non-hydrogen) atoms. The Balaban J connectivity index is 1.52. The van der Waals surface area contributed by atoms with Gasteiger partial charge in [0.2, 0.25) is 0 Å². The van der Waals surface area contributed by atoms with E-state index >= 15 is 0 Å². The van der Waals surface area contributed by atoms with Crippen LogP contribution in [0.4, 0.5) is 10.2 Å². The van der Waals surface area contributed by atoms with Crippen LogP contribution in [0.15, 0.2) is 59.4 Å². The van der Waals surface area contributed by atoms with Crippen molar-refractivity contribution in [1.82, 2.24) is 24.5 Å². The topological polar surface area (TPSA) is 84.5 Å². The molecule has 9 heteroatoms. The van der Waals surface area contributed by atoms with Gasteiger partial charge in [-0.2, -0.15) is 5.10 Å². The van der Waals surface area contributed by atoms with Crippen molar-refractivity contribution in [3.63, 3.8) is 0 Å². The van der Waals surface area contributed by atoms with Gasteiger partial charge < -0.3 is 14.8 Å². The second-order valence-corrected chi connectivity index (χ2v) is 7.43. The smallest absolute Gasteiger partial charge is 0.261 e. The summed E-state index contributed by atoms with van der Waals surface area (Å²) in [6, 6.07) is 2.82. The van der Waals surface area contributed by atoms with Crippen molar-refractivity contribution in [1.29, 1.82) is 0 Å². The second-order valence-electron chi connectivity index (χ2n) is 7.43. The van der Waals surface area contributed by atoms with E-state index < -0.39 is 5.82 Å². The van der Waals surface area contributed by atoms with Crippen molar-refractivity contribution in [3.05, 3.63) is 81.9 Å². The monoisotopic (exact) mass is 406 g/mol. The first-order chi connectivity index (χ1) is 14.5. The van der Waals surface area contributed by atoms with Gasteiger partial charge in [-0.1, -0.05) is 6.08 Å². The molecule has 3 aromatic rings. The Morgan fingerprint density at radius 2 is 2.20 bits per heavy atom. The molecule has 0 saturated carbocycles. The predicted molar refractivity (Wildman–Crippen MR) is 109 cm³/mol. The Morgan fingerprint density at radius 1 is 1.37 bits per heavy atom. The van der Waals surface area contributed by atoms with Crippen LogP contribution in [-0.4, -0.2) is 31.6 Å². The summed E-state index contributed by atoms with van der Waals surface area (Å²) in [5, 5.41) is 7.00. The van der Waals surface area contributed by atoms with Crippen molar-refractivity contribution in [3.8, 4) is 0 Å². The standard InChI is InChI=1S/C21H19FN6O2/c1-26-12-13(22)10-15(21(26)30)17-6-3-8-27(17)18-7-9-28-19(25-18)16(11-23-28)20(29)24-14-4-2-5-14/h2,4-5,7,9-12,17H,3,6,8H2,1H3,(H,24,29). The summed E-state index contributed by atoms with van der Waals surface area (Å²) in [7, 11) is 1.54. The first-order valence-corrected chi connectivity index (χ1v) is 9.68. The van der Waals surface area contributed by atoms with Gasteiger partial charge in [-0.15, -0.1) is 0 Å². The van der Waals surface area contributed by atoms with Crippen LogP contribution in [0, 0.1) is 5.82 Å². The van der Waals surface area contributed by atoms with Crippen molar-refractivity contribution < 1.29 is 9.18 Å². The molecule has 1 aliphatic carbocycles. The van der Waals surface area contributed by atoms with Gasteiger partial charge >= 0.3 is 0 Å². The minimum absolute atomic E-state index is 0.222. The fourth-order valence-electron chi connectivity index (χ4n) is 3.95. The van der Waals surface area contributed by atoms with Crippen molar-refractivity contribution >= 4 is 17.4 Å². The van der Waals surface area contributed by atoms with E-state index in [2.05, 4.69) is 15.4 Å². The molecule has 1 N–H and O–H groups in total. The Bertz CT molecular complexity index is 1290. The van der Waals surface area contributed by atoms with E-state index in [4.69, 9.17) is 0 Å². The number of nitrogens with zero attached hydrogens (tertiary/aromatic N) is 5. The first-order valence-electron chi connectivity index (χ1n) is 9.68. The number of halogens is 1. The molecule has 1 fully saturated rings. The molecule has 4 heterocycles. The van der Waals surface area contributed by atoms with E-state index in [1.54, 1.807) is 31.5 Å². The molecule has 0 radical (unpaired) electrons. The van der Waals surface area contributed by atoms with Crippen LogP contribution < -0.4 is 15.8 Å². The van der Waals surface area contributed by atoms with Crippen LogP contribution in [-0.2, 0) is 7.05 Å². The maximum Gasteiger partial charge on any atom is 0.261 e. The van der Waals surface area contributed by atoms with Crippen molar-refractivity contribution in [2.75, 3.05) is 11.4 Å². The average molecular weight is 406 g/mol. The van der Waals surface area contributed by atoms with Gasteiger partial charge in [0.05, 0.1) is 12.2 Å². The van der Waals surface area contributed by atoms with Crippen molar-refractivity contribution in [2.24, 2.45) is 7.05 Å². The number of fused-ring (bicyclic) bond motifs is 1. The molecule has 0 aromatic carbocycles. The van der Waals surface area contributed by atoms with E-state index in [0.29, 0.717) is 29.1 Å². The Labute approximate surface area is 171 Å². The van der Waals surface area contributed by atoms with E-state index in [-0.39, 0.29) is 17.5 Å². The fourth-order valence-corrected chi connectivity index (χ4v) is 3.95. The van der Waals surface area contributed by atoms with E-state index in [9.17, 15) is 14.0 Å². The SMILES string of the molecule is Cn1cc(F)cc(C2CCCN2c2ccn3ncc(C(=O)NC4=CC=C4)c3n2)c1=O. The molecule has 2 aliphatic rings. The number of carbonyl (C=O) groups is 1. The molecule has 1 saturated heterocycles. The normalized spacial score (nSPS) is 17.9. The van der Waals surface area contributed by atoms with Crippen LogP contribution in [0.3, 0.4) is 0 Å². The van der Waals surface area contributed by atoms with E-state index in [1.165, 1.54) is 27.5 Å². The largest absolute Gasteiger partial charge is 0.349 e. The zero-order valence-electron chi connectivity index (χ0n) is 16.2. The van der Waals surface area contributed by atoms with Gasteiger partial charge in [0.1, 0.15) is 17.2 Å². The number of nitrogens with one attached hydrogen (secondary N) is 1. The summed E-state index contributed by atoms with van der Waals surface area (Å²) < 4.78 is 16.8. The molecule has 5 rings (SSSR count). The van der Waals surface area contributed by atoms with Gasteiger partial charge in [-0.3, -0.25) is 9.59 Å². The highest BCUT2D eigenvalue weighted by Gasteiger charge is 2.30. The number of pyridine rings is 1. The minimum Gasteiger partial charge on any atom is -0.349 e. The maximum absolute atomic E-state index is 14.0. The van der Waals surface area contributed by atoms with E-state index in [1.807, 2.05) is 11.0 Å². The third kappa shape index (κ3) is 2.99. The number of aromatic nitrogens is 4. The Hall–Kier alpha value is -3.75. The van der Waals surface area contributed by atoms with Crippen LogP contribution in [0.5, 0.6) is 0 Å². The van der Waals surface area contributed by atoms with Crippen LogP contribution >= 0.6 is 0 Å². The molecule has 1 atom stereocenters. The second kappa shape index (κ2) is 6.94. The van der Waals surface area contributed by atoms with Gasteiger partial charge in [0.25, 0.3) is 11.5 Å². The zero-order valence-corrected chi connectivity index (χ0v) is 16.2. The summed E-state index contributed by atoms with van der Waals surface area (Å²) in [5.74, 6) is -0.118. The van der Waals surface area contributed by atoms with Gasteiger partial charge in [0, 0.05) is 37.2 Å². The number of hydrogen-bond donors (Lipinski definition) is 1. The molecular weight excluding hydrogens is 387 g/mol. The highest BCUT2D eigenvalue weighted by Crippen LogP contribution is 2.34. The van der Waals surface area contributed by atoms with Gasteiger partial charge in [-0.25, -0.2) is 13.9 Å². The summed E-state index contributed by atoms with van der Waals surface area (Å²) >= 11 is 0.